The highest BCUT2D eigenvalue weighted by Gasteiger charge is 2.21. The molecule has 10 heteroatoms. The van der Waals surface area contributed by atoms with E-state index in [1.165, 1.54) is 24.3 Å². The molecule has 7 nitrogen and oxygen atoms in total. The first-order chi connectivity index (χ1) is 18.1. The standard InChI is InChI=1S/C28H33ClN2O5S2/c1-2-3-5-12-27(30-37(33,34)26-20-18-24(29)19-21-26)23-16-14-22(15-17-23)9-8-13-28(32)31-38(35,36)25-10-6-4-7-11-25/h4,6-7,10-11,14-21,27,30H,2-3,5,8-9,12-13H2,1H3,(H,31,32). The van der Waals surface area contributed by atoms with Gasteiger partial charge in [0.2, 0.25) is 15.9 Å². The summed E-state index contributed by atoms with van der Waals surface area (Å²) in [6.45, 7) is 2.10. The van der Waals surface area contributed by atoms with Crippen LogP contribution in [0.1, 0.15) is 62.6 Å². The van der Waals surface area contributed by atoms with Gasteiger partial charge in [-0.05, 0) is 66.8 Å². The molecule has 1 amide bonds. The third-order valence-electron chi connectivity index (χ3n) is 6.07. The van der Waals surface area contributed by atoms with E-state index in [4.69, 9.17) is 11.6 Å². The molecule has 2 N–H and O–H groups in total. The Labute approximate surface area is 230 Å². The third-order valence-corrected chi connectivity index (χ3v) is 9.20. The number of amides is 1. The highest BCUT2D eigenvalue weighted by Crippen LogP contribution is 2.24. The minimum Gasteiger partial charge on any atom is -0.274 e. The van der Waals surface area contributed by atoms with Gasteiger partial charge in [0.25, 0.3) is 10.0 Å². The van der Waals surface area contributed by atoms with Gasteiger partial charge in [-0.3, -0.25) is 4.79 Å². The largest absolute Gasteiger partial charge is 0.274 e. The summed E-state index contributed by atoms with van der Waals surface area (Å²) in [5.41, 5.74) is 1.83. The number of halogens is 1. The number of unbranched alkanes of at least 4 members (excludes halogenated alkanes) is 2. The number of benzene rings is 3. The van der Waals surface area contributed by atoms with Gasteiger partial charge in [-0.25, -0.2) is 26.3 Å². The van der Waals surface area contributed by atoms with E-state index in [9.17, 15) is 21.6 Å². The maximum Gasteiger partial charge on any atom is 0.264 e. The van der Waals surface area contributed by atoms with E-state index >= 15 is 0 Å². The molecule has 0 fully saturated rings. The van der Waals surface area contributed by atoms with Gasteiger partial charge in [-0.15, -0.1) is 0 Å². The van der Waals surface area contributed by atoms with Crippen LogP contribution in [0.25, 0.3) is 0 Å². The number of carbonyl (C=O) groups is 1. The Kier molecular flexibility index (Phi) is 10.9. The molecule has 0 bridgehead atoms. The van der Waals surface area contributed by atoms with Crippen molar-refractivity contribution < 1.29 is 21.6 Å². The Morgan fingerprint density at radius 2 is 1.42 bits per heavy atom. The zero-order valence-electron chi connectivity index (χ0n) is 21.3. The molecular weight excluding hydrogens is 544 g/mol. The van der Waals surface area contributed by atoms with Gasteiger partial charge in [-0.2, -0.15) is 0 Å². The van der Waals surface area contributed by atoms with Gasteiger partial charge >= 0.3 is 0 Å². The van der Waals surface area contributed by atoms with E-state index in [1.807, 2.05) is 24.3 Å². The van der Waals surface area contributed by atoms with Crippen LogP contribution < -0.4 is 9.44 Å². The molecule has 0 radical (unpaired) electrons. The molecule has 0 saturated heterocycles. The summed E-state index contributed by atoms with van der Waals surface area (Å²) in [5, 5.41) is 0.467. The zero-order chi connectivity index (χ0) is 27.6. The van der Waals surface area contributed by atoms with Crippen molar-refractivity contribution in [2.24, 2.45) is 0 Å². The van der Waals surface area contributed by atoms with Crippen molar-refractivity contribution in [1.82, 2.24) is 9.44 Å². The van der Waals surface area contributed by atoms with Crippen molar-refractivity contribution in [2.75, 3.05) is 0 Å². The fourth-order valence-corrected chi connectivity index (χ4v) is 6.41. The number of nitrogens with one attached hydrogen (secondary N) is 2. The second kappa shape index (κ2) is 13.9. The smallest absolute Gasteiger partial charge is 0.264 e. The monoisotopic (exact) mass is 576 g/mol. The normalized spacial score (nSPS) is 12.7. The Bertz CT molecular complexity index is 1390. The number of hydrogen-bond acceptors (Lipinski definition) is 5. The summed E-state index contributed by atoms with van der Waals surface area (Å²) in [7, 11) is -7.61. The van der Waals surface area contributed by atoms with Gasteiger partial charge < -0.3 is 0 Å². The van der Waals surface area contributed by atoms with Crippen LogP contribution in [0.5, 0.6) is 0 Å². The lowest BCUT2D eigenvalue weighted by atomic mass is 9.99. The van der Waals surface area contributed by atoms with Crippen LogP contribution in [0.4, 0.5) is 0 Å². The minimum absolute atomic E-state index is 0.0455. The van der Waals surface area contributed by atoms with Crippen molar-refractivity contribution in [3.8, 4) is 0 Å². The quantitative estimate of drug-likeness (QED) is 0.237. The summed E-state index contributed by atoms with van der Waals surface area (Å²) in [4.78, 5) is 12.4. The minimum atomic E-state index is -3.88. The lowest BCUT2D eigenvalue weighted by molar-refractivity contribution is -0.119. The van der Waals surface area contributed by atoms with Crippen molar-refractivity contribution in [2.45, 2.75) is 67.7 Å². The van der Waals surface area contributed by atoms with Gasteiger partial charge in [0, 0.05) is 17.5 Å². The van der Waals surface area contributed by atoms with E-state index < -0.39 is 26.0 Å². The van der Waals surface area contributed by atoms with Crippen LogP contribution in [0.3, 0.4) is 0 Å². The Morgan fingerprint density at radius 3 is 2.05 bits per heavy atom. The van der Waals surface area contributed by atoms with Crippen LogP contribution in [-0.2, 0) is 31.3 Å². The maximum atomic E-state index is 13.0. The second-order valence-corrected chi connectivity index (χ2v) is 12.9. The summed E-state index contributed by atoms with van der Waals surface area (Å²) < 4.78 is 55.5. The Balaban J connectivity index is 1.60. The zero-order valence-corrected chi connectivity index (χ0v) is 23.7. The van der Waals surface area contributed by atoms with Crippen LogP contribution in [-0.4, -0.2) is 22.7 Å². The second-order valence-electron chi connectivity index (χ2n) is 9.06. The van der Waals surface area contributed by atoms with Gasteiger partial charge in [0.05, 0.1) is 9.79 Å². The summed E-state index contributed by atoms with van der Waals surface area (Å²) in [6.07, 6.45) is 4.68. The average molecular weight is 577 g/mol. The van der Waals surface area contributed by atoms with Crippen molar-refractivity contribution >= 4 is 37.6 Å². The third kappa shape index (κ3) is 8.94. The number of hydrogen-bond donors (Lipinski definition) is 2. The Morgan fingerprint density at radius 1 is 0.789 bits per heavy atom. The lowest BCUT2D eigenvalue weighted by Gasteiger charge is -2.20. The first kappa shape index (κ1) is 29.8. The van der Waals surface area contributed by atoms with E-state index in [0.717, 1.165) is 30.4 Å². The van der Waals surface area contributed by atoms with Crippen LogP contribution in [0, 0.1) is 0 Å². The predicted octanol–water partition coefficient (Wildman–Crippen LogP) is 5.77. The summed E-state index contributed by atoms with van der Waals surface area (Å²) >= 11 is 5.91. The fraction of sp³-hybridized carbons (Fsp3) is 0.321. The lowest BCUT2D eigenvalue weighted by Crippen LogP contribution is -2.30. The number of rotatable bonds is 14. The molecule has 0 aliphatic carbocycles. The topological polar surface area (TPSA) is 109 Å². The molecule has 0 saturated carbocycles. The van der Waals surface area contributed by atoms with E-state index in [0.29, 0.717) is 24.3 Å². The van der Waals surface area contributed by atoms with Crippen molar-refractivity contribution in [3.63, 3.8) is 0 Å². The van der Waals surface area contributed by atoms with Gasteiger partial charge in [0.15, 0.2) is 0 Å². The fourth-order valence-electron chi connectivity index (χ4n) is 3.99. The van der Waals surface area contributed by atoms with Crippen LogP contribution >= 0.6 is 11.6 Å². The maximum absolute atomic E-state index is 13.0. The Hall–Kier alpha value is -2.72. The molecule has 38 heavy (non-hydrogen) atoms. The highest BCUT2D eigenvalue weighted by molar-refractivity contribution is 7.90. The van der Waals surface area contributed by atoms with E-state index in [-0.39, 0.29) is 22.3 Å². The molecule has 3 aromatic rings. The molecule has 0 spiro atoms. The van der Waals surface area contributed by atoms with E-state index in [1.54, 1.807) is 30.3 Å². The van der Waals surface area contributed by atoms with Crippen molar-refractivity contribution in [3.05, 3.63) is 95.0 Å². The molecule has 0 aromatic heterocycles. The summed E-state index contributed by atoms with van der Waals surface area (Å²) in [5.74, 6) is -0.557. The first-order valence-electron chi connectivity index (χ1n) is 12.6. The molecular formula is C28H33ClN2O5S2. The molecule has 0 heterocycles. The molecule has 0 aliphatic rings. The van der Waals surface area contributed by atoms with E-state index in [2.05, 4.69) is 16.4 Å². The first-order valence-corrected chi connectivity index (χ1v) is 15.9. The van der Waals surface area contributed by atoms with Crippen LogP contribution in [0.15, 0.2) is 88.7 Å². The number of carbonyl (C=O) groups excluding carboxylic acids is 1. The van der Waals surface area contributed by atoms with Crippen LogP contribution in [0.2, 0.25) is 5.02 Å². The van der Waals surface area contributed by atoms with Gasteiger partial charge in [0.1, 0.15) is 0 Å². The number of aryl methyl sites for hydroxylation is 1. The molecule has 3 rings (SSSR count). The number of sulfonamides is 2. The van der Waals surface area contributed by atoms with Crippen molar-refractivity contribution in [1.29, 1.82) is 0 Å². The molecule has 1 atom stereocenters. The SMILES string of the molecule is CCCCCC(NS(=O)(=O)c1ccc(Cl)cc1)c1ccc(CCCC(=O)NS(=O)(=O)c2ccccc2)cc1. The average Bonchev–Trinajstić information content (AvgIpc) is 2.89. The highest BCUT2D eigenvalue weighted by atomic mass is 35.5. The molecule has 1 unspecified atom stereocenters. The predicted molar refractivity (Wildman–Crippen MR) is 150 cm³/mol. The molecule has 3 aromatic carbocycles. The van der Waals surface area contributed by atoms with Gasteiger partial charge in [-0.1, -0.05) is 80.3 Å². The summed E-state index contributed by atoms with van der Waals surface area (Å²) in [6, 6.07) is 21.1. The molecule has 0 aliphatic heterocycles. The molecule has 204 valence electrons.